The zero-order chi connectivity index (χ0) is 26.7. The summed E-state index contributed by atoms with van der Waals surface area (Å²) in [7, 11) is 0. The van der Waals surface area contributed by atoms with Crippen LogP contribution in [0.3, 0.4) is 0 Å². The SMILES string of the molecule is CCC[C@@](C)(Oc1ccc(OC(CC)c2sc(-c3ccc(C(F)(F)F)cc3)nc2C)cc1C)C(=O)O. The van der Waals surface area contributed by atoms with E-state index in [0.717, 1.165) is 28.3 Å². The highest BCUT2D eigenvalue weighted by Crippen LogP contribution is 2.38. The van der Waals surface area contributed by atoms with Gasteiger partial charge in [-0.15, -0.1) is 11.3 Å². The van der Waals surface area contributed by atoms with E-state index in [1.165, 1.54) is 23.5 Å². The molecule has 9 heteroatoms. The van der Waals surface area contributed by atoms with Crippen LogP contribution in [0.2, 0.25) is 0 Å². The maximum absolute atomic E-state index is 12.9. The molecule has 5 nitrogen and oxygen atoms in total. The van der Waals surface area contributed by atoms with E-state index >= 15 is 0 Å². The first-order valence-corrected chi connectivity index (χ1v) is 12.5. The average Bonchev–Trinajstić information content (AvgIpc) is 3.20. The summed E-state index contributed by atoms with van der Waals surface area (Å²) in [5.74, 6) is 0.0649. The van der Waals surface area contributed by atoms with Crippen LogP contribution in [0, 0.1) is 13.8 Å². The third-order valence-electron chi connectivity index (χ3n) is 5.89. The number of nitrogens with zero attached hydrogens (tertiary/aromatic N) is 1. The van der Waals surface area contributed by atoms with Gasteiger partial charge in [-0.3, -0.25) is 0 Å². The topological polar surface area (TPSA) is 68.7 Å². The Morgan fingerprint density at radius 1 is 1.11 bits per heavy atom. The van der Waals surface area contributed by atoms with Gasteiger partial charge >= 0.3 is 12.1 Å². The molecule has 3 rings (SSSR count). The highest BCUT2D eigenvalue weighted by Gasteiger charge is 2.35. The summed E-state index contributed by atoms with van der Waals surface area (Å²) in [5, 5.41) is 10.2. The lowest BCUT2D eigenvalue weighted by Crippen LogP contribution is -2.41. The van der Waals surface area contributed by atoms with Gasteiger partial charge in [-0.2, -0.15) is 13.2 Å². The average molecular weight is 522 g/mol. The fraction of sp³-hybridized carbons (Fsp3) is 0.407. The molecule has 0 saturated heterocycles. The molecule has 1 unspecified atom stereocenters. The van der Waals surface area contributed by atoms with E-state index < -0.39 is 23.3 Å². The number of halogens is 3. The second kappa shape index (κ2) is 10.9. The summed E-state index contributed by atoms with van der Waals surface area (Å²) in [4.78, 5) is 17.2. The van der Waals surface area contributed by atoms with Crippen LogP contribution in [0.15, 0.2) is 42.5 Å². The molecule has 0 bridgehead atoms. The third-order valence-corrected chi connectivity index (χ3v) is 7.19. The number of carboxylic acids is 1. The number of rotatable bonds is 10. The molecule has 194 valence electrons. The van der Waals surface area contributed by atoms with Crippen molar-refractivity contribution in [2.45, 2.75) is 71.8 Å². The highest BCUT2D eigenvalue weighted by atomic mass is 32.1. The Morgan fingerprint density at radius 3 is 2.31 bits per heavy atom. The number of hydrogen-bond acceptors (Lipinski definition) is 5. The van der Waals surface area contributed by atoms with Crippen molar-refractivity contribution in [1.82, 2.24) is 4.98 Å². The minimum Gasteiger partial charge on any atom is -0.485 e. The Balaban J connectivity index is 1.80. The summed E-state index contributed by atoms with van der Waals surface area (Å²) in [6.07, 6.45) is -2.99. The number of aryl methyl sites for hydroxylation is 2. The Kier molecular flexibility index (Phi) is 8.33. The smallest absolute Gasteiger partial charge is 0.416 e. The summed E-state index contributed by atoms with van der Waals surface area (Å²) in [6.45, 7) is 9.14. The zero-order valence-electron chi connectivity index (χ0n) is 20.9. The molecule has 3 aromatic rings. The number of benzene rings is 2. The largest absolute Gasteiger partial charge is 0.485 e. The van der Waals surface area contributed by atoms with Crippen molar-refractivity contribution < 1.29 is 32.5 Å². The molecule has 1 aromatic heterocycles. The highest BCUT2D eigenvalue weighted by molar-refractivity contribution is 7.15. The third kappa shape index (κ3) is 6.19. The lowest BCUT2D eigenvalue weighted by molar-refractivity contribution is -0.154. The van der Waals surface area contributed by atoms with Crippen molar-refractivity contribution in [3.63, 3.8) is 0 Å². The van der Waals surface area contributed by atoms with Crippen molar-refractivity contribution in [3.8, 4) is 22.1 Å². The standard InChI is InChI=1S/C27H30F3NO4S/c1-6-14-26(5,25(32)33)35-22-13-12-20(15-16(22)3)34-21(7-2)23-17(4)31-24(36-23)18-8-10-19(11-9-18)27(28,29)30/h8-13,15,21H,6-7,14H2,1-5H3,(H,32,33)/t21?,26-/m1/s1. The molecule has 36 heavy (non-hydrogen) atoms. The summed E-state index contributed by atoms with van der Waals surface area (Å²) in [5.41, 5.74) is 0.105. The van der Waals surface area contributed by atoms with Crippen LogP contribution in [0.1, 0.15) is 67.8 Å². The molecule has 1 N–H and O–H groups in total. The molecule has 0 aliphatic rings. The van der Waals surface area contributed by atoms with E-state index in [9.17, 15) is 23.1 Å². The van der Waals surface area contributed by atoms with E-state index in [0.29, 0.717) is 41.3 Å². The first kappa shape index (κ1) is 27.5. The van der Waals surface area contributed by atoms with Crippen LogP contribution in [0.25, 0.3) is 10.6 Å². The number of aromatic nitrogens is 1. The van der Waals surface area contributed by atoms with Crippen molar-refractivity contribution >= 4 is 17.3 Å². The number of carbonyl (C=O) groups is 1. The number of alkyl halides is 3. The molecule has 2 atom stereocenters. The van der Waals surface area contributed by atoms with Crippen LogP contribution >= 0.6 is 11.3 Å². The maximum atomic E-state index is 12.9. The summed E-state index contributed by atoms with van der Waals surface area (Å²) in [6, 6.07) is 10.2. The van der Waals surface area contributed by atoms with Gasteiger partial charge in [0.15, 0.2) is 0 Å². The second-order valence-electron chi connectivity index (χ2n) is 8.87. The predicted octanol–water partition coefficient (Wildman–Crippen LogP) is 8.00. The summed E-state index contributed by atoms with van der Waals surface area (Å²) < 4.78 is 50.8. The molecule has 0 aliphatic heterocycles. The Morgan fingerprint density at radius 2 is 1.78 bits per heavy atom. The molecule has 2 aromatic carbocycles. The number of carboxylic acid groups (broad SMARTS) is 1. The van der Waals surface area contributed by atoms with Gasteiger partial charge in [0.2, 0.25) is 5.60 Å². The first-order valence-electron chi connectivity index (χ1n) is 11.7. The van der Waals surface area contributed by atoms with Crippen LogP contribution < -0.4 is 9.47 Å². The van der Waals surface area contributed by atoms with Gasteiger partial charge in [-0.25, -0.2) is 9.78 Å². The molecular formula is C27H30F3NO4S. The van der Waals surface area contributed by atoms with Gasteiger partial charge in [-0.05, 0) is 69.5 Å². The fourth-order valence-corrected chi connectivity index (χ4v) is 5.03. The van der Waals surface area contributed by atoms with Gasteiger partial charge in [0.25, 0.3) is 0 Å². The molecule has 0 amide bonds. The van der Waals surface area contributed by atoms with Crippen molar-refractivity contribution in [3.05, 3.63) is 64.2 Å². The fourth-order valence-electron chi connectivity index (χ4n) is 3.85. The van der Waals surface area contributed by atoms with Gasteiger partial charge in [0.05, 0.1) is 16.1 Å². The van der Waals surface area contributed by atoms with Crippen LogP contribution in [0.5, 0.6) is 11.5 Å². The summed E-state index contributed by atoms with van der Waals surface area (Å²) >= 11 is 1.39. The van der Waals surface area contributed by atoms with E-state index in [4.69, 9.17) is 9.47 Å². The van der Waals surface area contributed by atoms with Crippen LogP contribution in [-0.4, -0.2) is 21.7 Å². The van der Waals surface area contributed by atoms with Gasteiger partial charge in [-0.1, -0.05) is 32.4 Å². The Hall–Kier alpha value is -3.07. The second-order valence-corrected chi connectivity index (χ2v) is 9.90. The van der Waals surface area contributed by atoms with E-state index in [-0.39, 0.29) is 6.10 Å². The van der Waals surface area contributed by atoms with Crippen molar-refractivity contribution in [1.29, 1.82) is 0 Å². The number of thiazole rings is 1. The monoisotopic (exact) mass is 521 g/mol. The van der Waals surface area contributed by atoms with E-state index in [1.807, 2.05) is 27.7 Å². The number of aliphatic carboxylic acids is 1. The molecule has 0 saturated carbocycles. The number of ether oxygens (including phenoxy) is 2. The minimum absolute atomic E-state index is 0.304. The predicted molar refractivity (Wildman–Crippen MR) is 134 cm³/mol. The van der Waals surface area contributed by atoms with Gasteiger partial charge in [0.1, 0.15) is 22.6 Å². The van der Waals surface area contributed by atoms with Crippen LogP contribution in [0.4, 0.5) is 13.2 Å². The van der Waals surface area contributed by atoms with E-state index in [1.54, 1.807) is 25.1 Å². The first-order chi connectivity index (χ1) is 16.9. The van der Waals surface area contributed by atoms with E-state index in [2.05, 4.69) is 4.98 Å². The quantitative estimate of drug-likeness (QED) is 0.293. The molecular weight excluding hydrogens is 491 g/mol. The normalized spacial score (nSPS) is 14.2. The van der Waals surface area contributed by atoms with Gasteiger partial charge in [0, 0.05) is 5.56 Å². The Labute approximate surface area is 212 Å². The molecule has 0 aliphatic carbocycles. The molecule has 0 fully saturated rings. The molecule has 0 spiro atoms. The van der Waals surface area contributed by atoms with Crippen LogP contribution in [-0.2, 0) is 11.0 Å². The molecule has 1 heterocycles. The van der Waals surface area contributed by atoms with Crippen molar-refractivity contribution in [2.24, 2.45) is 0 Å². The molecule has 0 radical (unpaired) electrons. The zero-order valence-corrected chi connectivity index (χ0v) is 21.7. The lowest BCUT2D eigenvalue weighted by Gasteiger charge is -2.27. The maximum Gasteiger partial charge on any atom is 0.416 e. The Bertz CT molecular complexity index is 1210. The minimum atomic E-state index is -4.38. The van der Waals surface area contributed by atoms with Gasteiger partial charge < -0.3 is 14.6 Å². The van der Waals surface area contributed by atoms with Crippen molar-refractivity contribution in [2.75, 3.05) is 0 Å². The lowest BCUT2D eigenvalue weighted by atomic mass is 10.0. The number of hydrogen-bond donors (Lipinski definition) is 1.